The molecular weight excluding hydrogens is 790 g/mol. The summed E-state index contributed by atoms with van der Waals surface area (Å²) in [6.45, 7) is 1.37. The van der Waals surface area contributed by atoms with Crippen LogP contribution in [0.4, 0.5) is 0 Å². The van der Waals surface area contributed by atoms with Crippen molar-refractivity contribution in [1.29, 1.82) is 0 Å². The summed E-state index contributed by atoms with van der Waals surface area (Å²) in [4.78, 5) is 22.9. The van der Waals surface area contributed by atoms with E-state index in [1.54, 1.807) is 0 Å². The minimum atomic E-state index is -1.76. The summed E-state index contributed by atoms with van der Waals surface area (Å²) in [6, 6.07) is -3.45. The number of ether oxygens (including phenoxy) is 4. The Labute approximate surface area is 354 Å². The van der Waals surface area contributed by atoms with Crippen molar-refractivity contribution in [2.75, 3.05) is 19.7 Å². The molecule has 0 aromatic rings. The Morgan fingerprint density at radius 2 is 1.18 bits per heavy atom. The molecule has 1 amide bonds. The van der Waals surface area contributed by atoms with Gasteiger partial charge in [-0.3, -0.25) is 9.59 Å². The zero-order chi connectivity index (χ0) is 44.8. The first-order chi connectivity index (χ1) is 28.6. The molecule has 20 heteroatoms. The SMILES string of the molecule is CCCCCCCCCCCCCCCCCC(=O)O.NCC[C@H](O)C(=O)N[C@@H]1C[C@H](N)[C@@H](OC2O[C@H](CN)[C@@H](O)[C@H](O)[C@H]2O)[C@H](O)[C@H]1OC1O[C@H](CO)[C@@H](O)[C@H](N)[C@H]1O. The number of carbonyl (C=O) groups excluding carboxylic acids is 1. The number of carbonyl (C=O) groups is 2. The number of unbranched alkanes of at least 4 members (excludes halogenated alkanes) is 14. The van der Waals surface area contributed by atoms with E-state index in [9.17, 15) is 50.4 Å². The van der Waals surface area contributed by atoms with E-state index in [1.807, 2.05) is 0 Å². The molecule has 2 heterocycles. The van der Waals surface area contributed by atoms with Crippen molar-refractivity contribution < 1.29 is 74.5 Å². The lowest BCUT2D eigenvalue weighted by molar-refractivity contribution is -0.332. The minimum absolute atomic E-state index is 0.0101. The van der Waals surface area contributed by atoms with Gasteiger partial charge in [0.05, 0.1) is 18.7 Å². The maximum Gasteiger partial charge on any atom is 0.303 e. The van der Waals surface area contributed by atoms with E-state index in [1.165, 1.54) is 83.5 Å². The lowest BCUT2D eigenvalue weighted by Gasteiger charge is -2.49. The van der Waals surface area contributed by atoms with Gasteiger partial charge >= 0.3 is 5.97 Å². The molecular formula is C40H79N5O15. The highest BCUT2D eigenvalue weighted by atomic mass is 16.7. The van der Waals surface area contributed by atoms with E-state index in [2.05, 4.69) is 12.2 Å². The fourth-order valence-corrected chi connectivity index (χ4v) is 7.71. The van der Waals surface area contributed by atoms with Gasteiger partial charge in [-0.15, -0.1) is 0 Å². The molecule has 1 saturated carbocycles. The first-order valence-electron chi connectivity index (χ1n) is 22.1. The Hall–Kier alpha value is -1.70. The largest absolute Gasteiger partial charge is 0.481 e. The first-order valence-corrected chi connectivity index (χ1v) is 22.1. The van der Waals surface area contributed by atoms with E-state index < -0.39 is 116 Å². The van der Waals surface area contributed by atoms with E-state index in [4.69, 9.17) is 47.0 Å². The summed E-state index contributed by atoms with van der Waals surface area (Å²) in [7, 11) is 0. The number of carboxylic acid groups (broad SMARTS) is 1. The molecule has 0 radical (unpaired) electrons. The van der Waals surface area contributed by atoms with Gasteiger partial charge in [-0.1, -0.05) is 96.8 Å². The number of nitrogens with one attached hydrogen (secondary N) is 1. The average Bonchev–Trinajstić information content (AvgIpc) is 3.22. The Kier molecular flexibility index (Phi) is 26.9. The molecule has 2 saturated heterocycles. The highest BCUT2D eigenvalue weighted by Crippen LogP contribution is 2.32. The van der Waals surface area contributed by atoms with Gasteiger partial charge in [-0.25, -0.2) is 0 Å². The number of hydrogen-bond acceptors (Lipinski definition) is 18. The van der Waals surface area contributed by atoms with E-state index in [0.29, 0.717) is 6.42 Å². The van der Waals surface area contributed by atoms with Crippen molar-refractivity contribution in [3.63, 3.8) is 0 Å². The zero-order valence-corrected chi connectivity index (χ0v) is 35.4. The van der Waals surface area contributed by atoms with Gasteiger partial charge in [0.15, 0.2) is 12.6 Å². The minimum Gasteiger partial charge on any atom is -0.481 e. The van der Waals surface area contributed by atoms with Gasteiger partial charge in [0.1, 0.15) is 67.1 Å². The van der Waals surface area contributed by atoms with Crippen LogP contribution in [0.15, 0.2) is 0 Å². The maximum atomic E-state index is 12.6. The molecule has 3 aliphatic rings. The number of aliphatic carboxylic acids is 1. The molecule has 0 aromatic carbocycles. The van der Waals surface area contributed by atoms with Crippen LogP contribution in [-0.2, 0) is 28.5 Å². The van der Waals surface area contributed by atoms with Crippen molar-refractivity contribution >= 4 is 11.9 Å². The smallest absolute Gasteiger partial charge is 0.303 e. The van der Waals surface area contributed by atoms with Crippen LogP contribution in [0.2, 0.25) is 0 Å². The zero-order valence-electron chi connectivity index (χ0n) is 35.4. The molecule has 0 bridgehead atoms. The highest BCUT2D eigenvalue weighted by molar-refractivity contribution is 5.80. The number of rotatable bonds is 26. The molecule has 0 spiro atoms. The topological polar surface area (TPSA) is 369 Å². The number of amides is 1. The highest BCUT2D eigenvalue weighted by Gasteiger charge is 2.52. The van der Waals surface area contributed by atoms with Gasteiger partial charge in [0, 0.05) is 19.0 Å². The molecule has 20 nitrogen and oxygen atoms in total. The monoisotopic (exact) mass is 870 g/mol. The van der Waals surface area contributed by atoms with Crippen LogP contribution in [0.3, 0.4) is 0 Å². The summed E-state index contributed by atoms with van der Waals surface area (Å²) in [5, 5.41) is 93.4. The number of carboxylic acids is 1. The first kappa shape index (κ1) is 54.4. The summed E-state index contributed by atoms with van der Waals surface area (Å²) < 4.78 is 22.5. The Balaban J connectivity index is 0.000000524. The number of aliphatic hydroxyl groups is 8. The second kappa shape index (κ2) is 29.6. The quantitative estimate of drug-likeness (QED) is 0.0414. The Morgan fingerprint density at radius 3 is 1.68 bits per heavy atom. The standard InChI is InChI=1S/C22H43N5O13.C18H36O2/c23-2-1-8(29)20(36)27-7-3-6(25)18(39-22-16(34)15(33)13(31)9(4-24)37-22)17(35)19(7)40-21-14(32)11(26)12(30)10(5-28)38-21;1-2-3-4-5-6-7-8-9-10-11-12-13-14-15-16-17-18(19)20/h6-19,21-22,28-35H,1-5,23-26H2,(H,27,36);2-17H2,1H3,(H,19,20)/t6-,7+,8-,9+,10+,11-,12+,13+,14+,15-,16+,17-,18+,19-,21?,22?;/m0./s1. The second-order valence-corrected chi connectivity index (χ2v) is 16.4. The third-order valence-corrected chi connectivity index (χ3v) is 11.5. The molecule has 18 N–H and O–H groups in total. The van der Waals surface area contributed by atoms with Crippen molar-refractivity contribution in [3.8, 4) is 0 Å². The van der Waals surface area contributed by atoms with Gasteiger partial charge in [-0.05, 0) is 25.8 Å². The molecule has 2 unspecified atom stereocenters. The van der Waals surface area contributed by atoms with Crippen LogP contribution in [0.1, 0.15) is 122 Å². The van der Waals surface area contributed by atoms with Crippen molar-refractivity contribution in [1.82, 2.24) is 5.32 Å². The van der Waals surface area contributed by atoms with E-state index in [-0.39, 0.29) is 25.9 Å². The van der Waals surface area contributed by atoms with Crippen LogP contribution < -0.4 is 28.3 Å². The van der Waals surface area contributed by atoms with Crippen LogP contribution in [0, 0.1) is 0 Å². The Bertz CT molecular complexity index is 1160. The third-order valence-electron chi connectivity index (χ3n) is 11.5. The van der Waals surface area contributed by atoms with Gasteiger partial charge in [-0.2, -0.15) is 0 Å². The van der Waals surface area contributed by atoms with Gasteiger partial charge < -0.3 is 93.2 Å². The fourth-order valence-electron chi connectivity index (χ4n) is 7.71. The van der Waals surface area contributed by atoms with Crippen LogP contribution >= 0.6 is 0 Å². The van der Waals surface area contributed by atoms with E-state index in [0.717, 1.165) is 12.8 Å². The summed E-state index contributed by atoms with van der Waals surface area (Å²) in [5.74, 6) is -1.50. The molecule has 0 aromatic heterocycles. The van der Waals surface area contributed by atoms with Gasteiger partial charge in [0.2, 0.25) is 5.91 Å². The number of aliphatic hydroxyl groups excluding tert-OH is 8. The summed E-state index contributed by atoms with van der Waals surface area (Å²) in [6.07, 6.45) is 0.380. The fraction of sp³-hybridized carbons (Fsp3) is 0.950. The maximum absolute atomic E-state index is 12.6. The summed E-state index contributed by atoms with van der Waals surface area (Å²) in [5.41, 5.74) is 23.1. The molecule has 354 valence electrons. The molecule has 60 heavy (non-hydrogen) atoms. The predicted molar refractivity (Wildman–Crippen MR) is 219 cm³/mol. The van der Waals surface area contributed by atoms with Crippen molar-refractivity contribution in [2.45, 2.75) is 220 Å². The average molecular weight is 870 g/mol. The third kappa shape index (κ3) is 17.8. The molecule has 3 rings (SSSR count). The predicted octanol–water partition coefficient (Wildman–Crippen LogP) is -2.09. The van der Waals surface area contributed by atoms with E-state index >= 15 is 0 Å². The number of hydrogen-bond donors (Lipinski definition) is 14. The normalized spacial score (nSPS) is 35.0. The van der Waals surface area contributed by atoms with Crippen LogP contribution in [0.5, 0.6) is 0 Å². The Morgan fingerprint density at radius 1 is 0.683 bits per heavy atom. The van der Waals surface area contributed by atoms with Crippen molar-refractivity contribution in [2.24, 2.45) is 22.9 Å². The van der Waals surface area contributed by atoms with Crippen LogP contribution in [0.25, 0.3) is 0 Å². The number of nitrogens with two attached hydrogens (primary N) is 4. The molecule has 3 fully saturated rings. The van der Waals surface area contributed by atoms with Crippen LogP contribution in [-0.4, -0.2) is 175 Å². The molecule has 1 aliphatic carbocycles. The molecule has 2 aliphatic heterocycles. The van der Waals surface area contributed by atoms with Gasteiger partial charge in [0.25, 0.3) is 0 Å². The van der Waals surface area contributed by atoms with Crippen molar-refractivity contribution in [3.05, 3.63) is 0 Å². The molecule has 16 atom stereocenters. The lowest BCUT2D eigenvalue weighted by atomic mass is 9.83. The second-order valence-electron chi connectivity index (χ2n) is 16.4. The summed E-state index contributed by atoms with van der Waals surface area (Å²) >= 11 is 0. The lowest BCUT2D eigenvalue weighted by Crippen LogP contribution is -2.69.